The first kappa shape index (κ1) is 17.9. The van der Waals surface area contributed by atoms with E-state index in [1.807, 2.05) is 0 Å². The van der Waals surface area contributed by atoms with Crippen molar-refractivity contribution in [1.29, 1.82) is 0 Å². The Morgan fingerprint density at radius 2 is 1.00 bits per heavy atom. The van der Waals surface area contributed by atoms with Crippen molar-refractivity contribution in [2.75, 3.05) is 0 Å². The van der Waals surface area contributed by atoms with Gasteiger partial charge in [0.15, 0.2) is 0 Å². The van der Waals surface area contributed by atoms with Gasteiger partial charge in [0.25, 0.3) is 0 Å². The van der Waals surface area contributed by atoms with Crippen molar-refractivity contribution in [2.45, 2.75) is 0 Å². The van der Waals surface area contributed by atoms with Crippen LogP contribution in [0.3, 0.4) is 0 Å². The number of rotatable bonds is 1. The van der Waals surface area contributed by atoms with Gasteiger partial charge in [-0.2, -0.15) is 0 Å². The van der Waals surface area contributed by atoms with Crippen molar-refractivity contribution in [3.63, 3.8) is 0 Å². The molecule has 0 saturated carbocycles. The smallest absolute Gasteiger partial charge is 0.146 e. The number of para-hydroxylation sites is 5. The fourth-order valence-corrected chi connectivity index (χ4v) is 5.64. The second kappa shape index (κ2) is 6.46. The summed E-state index contributed by atoms with van der Waals surface area (Å²) in [7, 11) is 0. The molecule has 3 heteroatoms. The number of nitrogens with zero attached hydrogens (tertiary/aromatic N) is 3. The van der Waals surface area contributed by atoms with Gasteiger partial charge in [-0.05, 0) is 53.9 Å². The third-order valence-corrected chi connectivity index (χ3v) is 7.08. The minimum atomic E-state index is 1.00. The quantitative estimate of drug-likeness (QED) is 0.241. The van der Waals surface area contributed by atoms with Crippen molar-refractivity contribution in [3.05, 3.63) is 115 Å². The van der Waals surface area contributed by atoms with Crippen molar-refractivity contribution < 1.29 is 0 Å². The van der Waals surface area contributed by atoms with Crippen LogP contribution in [0.15, 0.2) is 115 Å². The van der Waals surface area contributed by atoms with Crippen LogP contribution < -0.4 is 0 Å². The number of aromatic nitrogens is 3. The fourth-order valence-electron chi connectivity index (χ4n) is 5.64. The third kappa shape index (κ3) is 2.23. The fraction of sp³-hybridized carbons (Fsp3) is 0. The van der Waals surface area contributed by atoms with Crippen LogP contribution in [0.4, 0.5) is 0 Å². The Morgan fingerprint density at radius 1 is 0.441 bits per heavy atom. The molecule has 0 spiro atoms. The number of hydrogen-bond donors (Lipinski definition) is 0. The summed E-state index contributed by atoms with van der Waals surface area (Å²) in [5.74, 6) is 0. The van der Waals surface area contributed by atoms with E-state index >= 15 is 0 Å². The topological polar surface area (TPSA) is 22.2 Å². The van der Waals surface area contributed by atoms with Crippen LogP contribution in [0.5, 0.6) is 0 Å². The molecule has 0 aliphatic rings. The zero-order valence-corrected chi connectivity index (χ0v) is 18.3. The van der Waals surface area contributed by atoms with E-state index in [2.05, 4.69) is 124 Å². The van der Waals surface area contributed by atoms with Gasteiger partial charge >= 0.3 is 0 Å². The average molecular weight is 434 g/mol. The SMILES string of the molecule is c1ccc2c(c1)nc1c3ccc(-n4c5ccccc5c5ccccc54)cc3c3ccccc3n21. The highest BCUT2D eigenvalue weighted by Gasteiger charge is 2.16. The van der Waals surface area contributed by atoms with E-state index in [1.54, 1.807) is 0 Å². The molecule has 158 valence electrons. The molecule has 0 N–H and O–H groups in total. The van der Waals surface area contributed by atoms with Crippen LogP contribution in [-0.2, 0) is 0 Å². The maximum atomic E-state index is 5.04. The Morgan fingerprint density at radius 3 is 1.71 bits per heavy atom. The first-order valence-corrected chi connectivity index (χ1v) is 11.6. The van der Waals surface area contributed by atoms with Crippen LogP contribution in [-0.4, -0.2) is 14.0 Å². The molecule has 0 fully saturated rings. The Labute approximate surface area is 195 Å². The largest absolute Gasteiger partial charge is 0.309 e. The van der Waals surface area contributed by atoms with Crippen LogP contribution >= 0.6 is 0 Å². The highest BCUT2D eigenvalue weighted by Crippen LogP contribution is 2.36. The number of pyridine rings is 1. The first-order valence-electron chi connectivity index (χ1n) is 11.6. The molecular weight excluding hydrogens is 414 g/mol. The normalized spacial score (nSPS) is 12.1. The van der Waals surface area contributed by atoms with Crippen molar-refractivity contribution in [3.8, 4) is 5.69 Å². The third-order valence-electron chi connectivity index (χ3n) is 7.08. The lowest BCUT2D eigenvalue weighted by molar-refractivity contribution is 1.19. The van der Waals surface area contributed by atoms with E-state index in [-0.39, 0.29) is 0 Å². The molecule has 5 aromatic carbocycles. The molecular formula is C31H19N3. The molecule has 0 bridgehead atoms. The van der Waals surface area contributed by atoms with E-state index in [1.165, 1.54) is 43.5 Å². The van der Waals surface area contributed by atoms with Gasteiger partial charge < -0.3 is 4.57 Å². The van der Waals surface area contributed by atoms with E-state index in [9.17, 15) is 0 Å². The lowest BCUT2D eigenvalue weighted by Gasteiger charge is -2.13. The monoisotopic (exact) mass is 433 g/mol. The summed E-state index contributed by atoms with van der Waals surface area (Å²) in [6, 6.07) is 41.2. The van der Waals surface area contributed by atoms with Gasteiger partial charge in [-0.1, -0.05) is 66.7 Å². The lowest BCUT2D eigenvalue weighted by atomic mass is 10.0. The Hall–Kier alpha value is -4.63. The summed E-state index contributed by atoms with van der Waals surface area (Å²) >= 11 is 0. The predicted octanol–water partition coefficient (Wildman–Crippen LogP) is 7.89. The second-order valence-electron chi connectivity index (χ2n) is 8.88. The van der Waals surface area contributed by atoms with Gasteiger partial charge in [0.1, 0.15) is 5.65 Å². The molecule has 8 aromatic rings. The summed E-state index contributed by atoms with van der Waals surface area (Å²) in [4.78, 5) is 5.04. The van der Waals surface area contributed by atoms with Crippen molar-refractivity contribution in [2.24, 2.45) is 0 Å². The molecule has 3 nitrogen and oxygen atoms in total. The molecule has 3 heterocycles. The first-order chi connectivity index (χ1) is 16.9. The summed E-state index contributed by atoms with van der Waals surface area (Å²) in [5, 5.41) is 6.17. The van der Waals surface area contributed by atoms with Crippen LogP contribution in [0.1, 0.15) is 0 Å². The van der Waals surface area contributed by atoms with Gasteiger partial charge in [-0.3, -0.25) is 4.40 Å². The number of hydrogen-bond acceptors (Lipinski definition) is 1. The average Bonchev–Trinajstić information content (AvgIpc) is 3.45. The summed E-state index contributed by atoms with van der Waals surface area (Å²) in [6.45, 7) is 0. The van der Waals surface area contributed by atoms with Gasteiger partial charge in [0.2, 0.25) is 0 Å². The van der Waals surface area contributed by atoms with Gasteiger partial charge in [0.05, 0.1) is 27.6 Å². The summed E-state index contributed by atoms with van der Waals surface area (Å²) < 4.78 is 4.68. The van der Waals surface area contributed by atoms with Gasteiger partial charge in [0, 0.05) is 27.2 Å². The van der Waals surface area contributed by atoms with Crippen molar-refractivity contribution in [1.82, 2.24) is 14.0 Å². The highest BCUT2D eigenvalue weighted by atomic mass is 15.0. The molecule has 0 saturated heterocycles. The van der Waals surface area contributed by atoms with Gasteiger partial charge in [-0.25, -0.2) is 4.98 Å². The molecule has 34 heavy (non-hydrogen) atoms. The predicted molar refractivity (Wildman–Crippen MR) is 142 cm³/mol. The second-order valence-corrected chi connectivity index (χ2v) is 8.88. The maximum Gasteiger partial charge on any atom is 0.146 e. The highest BCUT2D eigenvalue weighted by molar-refractivity contribution is 6.15. The minimum absolute atomic E-state index is 1.00. The van der Waals surface area contributed by atoms with Crippen LogP contribution in [0.2, 0.25) is 0 Å². The lowest BCUT2D eigenvalue weighted by Crippen LogP contribution is -1.96. The molecule has 0 atom stereocenters. The van der Waals surface area contributed by atoms with E-state index in [4.69, 9.17) is 4.98 Å². The Balaban J connectivity index is 1.55. The Kier molecular flexibility index (Phi) is 3.39. The summed E-state index contributed by atoms with van der Waals surface area (Å²) in [5.41, 5.74) is 7.95. The molecule has 0 aliphatic carbocycles. The molecule has 0 radical (unpaired) electrons. The number of benzene rings is 5. The summed E-state index contributed by atoms with van der Waals surface area (Å²) in [6.07, 6.45) is 0. The van der Waals surface area contributed by atoms with Gasteiger partial charge in [-0.15, -0.1) is 0 Å². The zero-order valence-electron chi connectivity index (χ0n) is 18.3. The minimum Gasteiger partial charge on any atom is -0.309 e. The molecule has 0 amide bonds. The van der Waals surface area contributed by atoms with E-state index in [0.717, 1.165) is 22.4 Å². The van der Waals surface area contributed by atoms with Crippen LogP contribution in [0.25, 0.3) is 65.8 Å². The number of imidazole rings is 1. The maximum absolute atomic E-state index is 5.04. The van der Waals surface area contributed by atoms with Crippen molar-refractivity contribution >= 4 is 60.2 Å². The molecule has 3 aromatic heterocycles. The van der Waals surface area contributed by atoms with E-state index in [0.29, 0.717) is 0 Å². The standard InChI is InChI=1S/C31H19N3/c1-5-13-27-21(9-1)22-10-2-6-14-28(22)33(27)20-17-18-24-25(19-20)23-11-3-7-15-29(23)34-30-16-8-4-12-26(30)32-31(24)34/h1-19H. The molecule has 8 rings (SSSR count). The number of fused-ring (bicyclic) bond motifs is 11. The molecule has 0 unspecified atom stereocenters. The van der Waals surface area contributed by atoms with Crippen LogP contribution in [0, 0.1) is 0 Å². The van der Waals surface area contributed by atoms with E-state index < -0.39 is 0 Å². The molecule has 0 aliphatic heterocycles. The Bertz CT molecular complexity index is 2020. The zero-order chi connectivity index (χ0) is 22.2.